The molecule has 0 bridgehead atoms. The van der Waals surface area contributed by atoms with Gasteiger partial charge in [0.1, 0.15) is 17.1 Å². The highest BCUT2D eigenvalue weighted by Gasteiger charge is 2.36. The number of hydrogen-bond acceptors (Lipinski definition) is 2. The smallest absolute Gasteiger partial charge is 0.120 e. The van der Waals surface area contributed by atoms with Crippen LogP contribution in [0.4, 0.5) is 0 Å². The summed E-state index contributed by atoms with van der Waals surface area (Å²) in [7, 11) is 0.334. The van der Waals surface area contributed by atoms with Crippen molar-refractivity contribution in [2.45, 2.75) is 51.9 Å². The zero-order valence-electron chi connectivity index (χ0n) is 23.1. The van der Waals surface area contributed by atoms with Gasteiger partial charge in [0.15, 0.2) is 0 Å². The van der Waals surface area contributed by atoms with Crippen LogP contribution in [-0.4, -0.2) is 29.9 Å². The normalized spacial score (nSPS) is 12.6. The summed E-state index contributed by atoms with van der Waals surface area (Å²) in [5, 5.41) is 10.7. The Kier molecular flexibility index (Phi) is 7.40. The van der Waals surface area contributed by atoms with E-state index < -0.39 is 0 Å². The molecule has 0 saturated heterocycles. The third kappa shape index (κ3) is 5.39. The van der Waals surface area contributed by atoms with Crippen molar-refractivity contribution in [3.8, 4) is 33.9 Å². The van der Waals surface area contributed by atoms with Gasteiger partial charge in [-0.3, -0.25) is 0 Å². The molecule has 2 heterocycles. The maximum Gasteiger partial charge on any atom is 0.120 e. The molecule has 0 aliphatic rings. The van der Waals surface area contributed by atoms with Crippen molar-refractivity contribution in [1.82, 2.24) is 19.6 Å². The first-order chi connectivity index (χ1) is 18.1. The van der Waals surface area contributed by atoms with Gasteiger partial charge in [-0.25, -0.2) is 9.36 Å². The van der Waals surface area contributed by atoms with Crippen LogP contribution in [0.1, 0.15) is 41.5 Å². The Morgan fingerprint density at radius 1 is 0.632 bits per heavy atom. The summed E-state index contributed by atoms with van der Waals surface area (Å²) < 4.78 is 4.25. The van der Waals surface area contributed by atoms with Gasteiger partial charge in [-0.1, -0.05) is 128 Å². The number of para-hydroxylation sites is 1. The zero-order chi connectivity index (χ0) is 26.9. The molecule has 0 radical (unpaired) electrons. The van der Waals surface area contributed by atoms with E-state index in [0.29, 0.717) is 8.27 Å². The lowest BCUT2D eigenvalue weighted by molar-refractivity contribution is 0.720. The fraction of sp³-hybridized carbons (Fsp3) is 0.250. The molecule has 3 aromatic carbocycles. The molecule has 0 saturated carbocycles. The van der Waals surface area contributed by atoms with E-state index in [-0.39, 0.29) is 17.9 Å². The average Bonchev–Trinajstić information content (AvgIpc) is 3.52. The second-order valence-corrected chi connectivity index (χ2v) is 17.5. The van der Waals surface area contributed by atoms with Gasteiger partial charge in [0.2, 0.25) is 0 Å². The number of benzene rings is 3. The topological polar surface area (TPSA) is 35.6 Å². The van der Waals surface area contributed by atoms with Crippen molar-refractivity contribution in [2.75, 3.05) is 0 Å². The third-order valence-corrected chi connectivity index (χ3v) is 15.3. The SMILES string of the molecule is CC(C)(C)P(Pc1ccnn1-c1c(-c2ccccc2)nn(-c2ccccc2)c1-c1ccccc1)C(C)(C)C. The number of rotatable bonds is 6. The van der Waals surface area contributed by atoms with Crippen LogP contribution in [0.2, 0.25) is 0 Å². The quantitative estimate of drug-likeness (QED) is 0.203. The molecule has 0 N–H and O–H groups in total. The van der Waals surface area contributed by atoms with Crippen molar-refractivity contribution in [3.63, 3.8) is 0 Å². The number of nitrogens with zero attached hydrogens (tertiary/aromatic N) is 4. The monoisotopic (exact) mass is 538 g/mol. The van der Waals surface area contributed by atoms with Gasteiger partial charge in [-0.15, -0.1) is 0 Å². The van der Waals surface area contributed by atoms with E-state index >= 15 is 0 Å². The van der Waals surface area contributed by atoms with Gasteiger partial charge in [0, 0.05) is 11.1 Å². The Balaban J connectivity index is 1.80. The van der Waals surface area contributed by atoms with Gasteiger partial charge in [-0.05, 0) is 36.8 Å². The molecule has 194 valence electrons. The second-order valence-electron chi connectivity index (χ2n) is 11.4. The minimum atomic E-state index is -0.325. The first-order valence-electron chi connectivity index (χ1n) is 13.1. The molecule has 0 aliphatic heterocycles. The lowest BCUT2D eigenvalue weighted by Crippen LogP contribution is -2.24. The molecule has 1 unspecified atom stereocenters. The van der Waals surface area contributed by atoms with Crippen molar-refractivity contribution < 1.29 is 0 Å². The summed E-state index contributed by atoms with van der Waals surface area (Å²) in [6.45, 7) is 14.3. The van der Waals surface area contributed by atoms with Crippen LogP contribution < -0.4 is 5.44 Å². The first-order valence-corrected chi connectivity index (χ1v) is 16.2. The van der Waals surface area contributed by atoms with Gasteiger partial charge >= 0.3 is 0 Å². The van der Waals surface area contributed by atoms with E-state index in [9.17, 15) is 0 Å². The van der Waals surface area contributed by atoms with Crippen LogP contribution in [0.5, 0.6) is 0 Å². The van der Waals surface area contributed by atoms with Crippen LogP contribution >= 0.6 is 15.9 Å². The Labute approximate surface area is 229 Å². The van der Waals surface area contributed by atoms with Gasteiger partial charge in [0.05, 0.1) is 17.3 Å². The highest BCUT2D eigenvalue weighted by atomic mass is 32.0. The molecule has 5 aromatic rings. The van der Waals surface area contributed by atoms with Crippen LogP contribution in [-0.2, 0) is 0 Å². The predicted octanol–water partition coefficient (Wildman–Crippen LogP) is 8.69. The van der Waals surface area contributed by atoms with Gasteiger partial charge in [0.25, 0.3) is 0 Å². The maximum atomic E-state index is 5.26. The molecule has 0 amide bonds. The summed E-state index contributed by atoms with van der Waals surface area (Å²) in [5.74, 6) is 0. The van der Waals surface area contributed by atoms with Gasteiger partial charge < -0.3 is 0 Å². The van der Waals surface area contributed by atoms with E-state index in [0.717, 1.165) is 33.9 Å². The molecule has 6 heteroatoms. The largest absolute Gasteiger partial charge is 0.230 e. The number of hydrogen-bond donors (Lipinski definition) is 0. The van der Waals surface area contributed by atoms with Crippen LogP contribution in [0.25, 0.3) is 33.9 Å². The minimum absolute atomic E-state index is 0.222. The Hall–Kier alpha value is -3.06. The predicted molar refractivity (Wildman–Crippen MR) is 166 cm³/mol. The molecular formula is C32H36N4P2. The van der Waals surface area contributed by atoms with Crippen LogP contribution in [0, 0.1) is 0 Å². The summed E-state index contributed by atoms with van der Waals surface area (Å²) in [6.07, 6.45) is 1.95. The Morgan fingerprint density at radius 2 is 1.16 bits per heavy atom. The third-order valence-electron chi connectivity index (χ3n) is 6.38. The summed E-state index contributed by atoms with van der Waals surface area (Å²) in [6, 6.07) is 33.7. The minimum Gasteiger partial charge on any atom is -0.230 e. The fourth-order valence-electron chi connectivity index (χ4n) is 5.03. The molecule has 0 fully saturated rings. The van der Waals surface area contributed by atoms with E-state index in [2.05, 4.69) is 142 Å². The standard InChI is InChI=1S/C32H36N4P2/c1-31(2,3)38(32(4,5)6)37-27-22-23-33-36(27)30-28(24-16-10-7-11-17-24)34-35(26-20-14-9-15-21-26)29(30)25-18-12-8-13-19-25/h7-23,37H,1-6H3. The Morgan fingerprint density at radius 3 is 1.71 bits per heavy atom. The highest BCUT2D eigenvalue weighted by molar-refractivity contribution is 8.25. The molecule has 4 nitrogen and oxygen atoms in total. The van der Waals surface area contributed by atoms with E-state index in [4.69, 9.17) is 10.2 Å². The summed E-state index contributed by atoms with van der Waals surface area (Å²) in [4.78, 5) is 0. The summed E-state index contributed by atoms with van der Waals surface area (Å²) >= 11 is 0. The van der Waals surface area contributed by atoms with Crippen molar-refractivity contribution in [1.29, 1.82) is 0 Å². The number of aromatic nitrogens is 4. The van der Waals surface area contributed by atoms with Crippen molar-refractivity contribution in [3.05, 3.63) is 103 Å². The van der Waals surface area contributed by atoms with Crippen molar-refractivity contribution in [2.24, 2.45) is 0 Å². The lowest BCUT2D eigenvalue weighted by atomic mass is 10.1. The molecule has 1 atom stereocenters. The lowest BCUT2D eigenvalue weighted by Gasteiger charge is -2.41. The summed E-state index contributed by atoms with van der Waals surface area (Å²) in [5.41, 5.74) is 7.46. The first kappa shape index (κ1) is 26.5. The van der Waals surface area contributed by atoms with E-state index in [1.807, 2.05) is 12.3 Å². The Bertz CT molecular complexity index is 1480. The molecule has 0 aliphatic carbocycles. The van der Waals surface area contributed by atoms with Crippen molar-refractivity contribution >= 4 is 21.3 Å². The van der Waals surface area contributed by atoms with E-state index in [1.165, 1.54) is 5.44 Å². The van der Waals surface area contributed by atoms with E-state index in [1.54, 1.807) is 0 Å². The van der Waals surface area contributed by atoms with Crippen LogP contribution in [0.3, 0.4) is 0 Å². The highest BCUT2D eigenvalue weighted by Crippen LogP contribution is 2.71. The maximum absolute atomic E-state index is 5.26. The van der Waals surface area contributed by atoms with Crippen LogP contribution in [0.15, 0.2) is 103 Å². The second kappa shape index (κ2) is 10.6. The molecule has 38 heavy (non-hydrogen) atoms. The molecular weight excluding hydrogens is 502 g/mol. The zero-order valence-corrected chi connectivity index (χ0v) is 24.9. The molecule has 0 spiro atoms. The molecule has 2 aromatic heterocycles. The fourth-order valence-corrected chi connectivity index (χ4v) is 11.6. The average molecular weight is 539 g/mol. The molecule has 5 rings (SSSR count). The van der Waals surface area contributed by atoms with Gasteiger partial charge in [-0.2, -0.15) is 10.2 Å².